The first-order valence-corrected chi connectivity index (χ1v) is 5.80. The zero-order valence-electron chi connectivity index (χ0n) is 10.2. The summed E-state index contributed by atoms with van der Waals surface area (Å²) in [5, 5.41) is 2.51. The van der Waals surface area contributed by atoms with Gasteiger partial charge in [-0.15, -0.1) is 0 Å². The lowest BCUT2D eigenvalue weighted by atomic mass is 10.2. The largest absolute Gasteiger partial charge is 0.445 e. The summed E-state index contributed by atoms with van der Waals surface area (Å²) in [6.45, 7) is 0.328. The molecule has 2 aromatic rings. The first-order chi connectivity index (χ1) is 9.24. The van der Waals surface area contributed by atoms with Crippen molar-refractivity contribution >= 4 is 6.09 Å². The standard InChI is InChI=1S/C14H13FN2O2/c15-13-8-4-7-12(17-13)9-16-14(18)19-10-11-5-2-1-3-6-11/h1-8H,9-10H2,(H,16,18). The molecular formula is C14H13FN2O2. The number of aromatic nitrogens is 1. The average Bonchev–Trinajstić information content (AvgIpc) is 2.44. The number of alkyl carbamates (subject to hydrolysis) is 1. The van der Waals surface area contributed by atoms with Crippen molar-refractivity contribution in [3.8, 4) is 0 Å². The van der Waals surface area contributed by atoms with E-state index in [-0.39, 0.29) is 13.2 Å². The number of nitrogens with one attached hydrogen (secondary N) is 1. The van der Waals surface area contributed by atoms with Crippen LogP contribution in [0.25, 0.3) is 0 Å². The molecule has 1 aromatic carbocycles. The molecule has 2 rings (SSSR count). The van der Waals surface area contributed by atoms with Gasteiger partial charge >= 0.3 is 6.09 Å². The Bertz CT molecular complexity index is 546. The molecule has 0 fully saturated rings. The second kappa shape index (κ2) is 6.49. The lowest BCUT2D eigenvalue weighted by Gasteiger charge is -2.06. The molecule has 4 nitrogen and oxygen atoms in total. The molecule has 0 bridgehead atoms. The molecule has 1 amide bonds. The van der Waals surface area contributed by atoms with E-state index in [0.717, 1.165) is 5.56 Å². The highest BCUT2D eigenvalue weighted by atomic mass is 19.1. The molecule has 0 atom stereocenters. The van der Waals surface area contributed by atoms with Gasteiger partial charge in [-0.3, -0.25) is 0 Å². The number of benzene rings is 1. The van der Waals surface area contributed by atoms with Crippen LogP contribution in [0.15, 0.2) is 48.5 Å². The number of halogens is 1. The Morgan fingerprint density at radius 2 is 1.95 bits per heavy atom. The van der Waals surface area contributed by atoms with Gasteiger partial charge in [0.15, 0.2) is 0 Å². The molecule has 0 aliphatic carbocycles. The van der Waals surface area contributed by atoms with Gasteiger partial charge in [0.05, 0.1) is 12.2 Å². The van der Waals surface area contributed by atoms with Crippen LogP contribution in [0.5, 0.6) is 0 Å². The van der Waals surface area contributed by atoms with Crippen molar-refractivity contribution < 1.29 is 13.9 Å². The number of ether oxygens (including phenoxy) is 1. The first-order valence-electron chi connectivity index (χ1n) is 5.80. The zero-order valence-corrected chi connectivity index (χ0v) is 10.2. The summed E-state index contributed by atoms with van der Waals surface area (Å²) in [5.41, 5.74) is 1.35. The lowest BCUT2D eigenvalue weighted by Crippen LogP contribution is -2.24. The van der Waals surface area contributed by atoms with Crippen molar-refractivity contribution in [3.05, 3.63) is 65.7 Å². The Labute approximate surface area is 110 Å². The molecule has 0 aliphatic rings. The molecule has 0 saturated carbocycles. The predicted octanol–water partition coefficient (Wildman–Crippen LogP) is 2.65. The van der Waals surface area contributed by atoms with Gasteiger partial charge in [0.25, 0.3) is 0 Å². The molecule has 0 radical (unpaired) electrons. The number of hydrogen-bond donors (Lipinski definition) is 1. The average molecular weight is 260 g/mol. The highest BCUT2D eigenvalue weighted by Gasteiger charge is 2.03. The molecule has 1 heterocycles. The van der Waals surface area contributed by atoms with Gasteiger partial charge in [0.2, 0.25) is 5.95 Å². The molecule has 1 N–H and O–H groups in total. The van der Waals surface area contributed by atoms with E-state index < -0.39 is 12.0 Å². The predicted molar refractivity (Wildman–Crippen MR) is 67.7 cm³/mol. The molecule has 0 aliphatic heterocycles. The van der Waals surface area contributed by atoms with Gasteiger partial charge in [-0.05, 0) is 17.7 Å². The van der Waals surface area contributed by atoms with Crippen molar-refractivity contribution in [2.45, 2.75) is 13.2 Å². The third-order valence-corrected chi connectivity index (χ3v) is 2.40. The van der Waals surface area contributed by atoms with Gasteiger partial charge in [-0.2, -0.15) is 4.39 Å². The molecule has 0 unspecified atom stereocenters. The van der Waals surface area contributed by atoms with Crippen molar-refractivity contribution in [3.63, 3.8) is 0 Å². The highest BCUT2D eigenvalue weighted by Crippen LogP contribution is 2.01. The van der Waals surface area contributed by atoms with E-state index in [1.165, 1.54) is 12.1 Å². The molecular weight excluding hydrogens is 247 g/mol. The summed E-state index contributed by atoms with van der Waals surface area (Å²) in [7, 11) is 0. The summed E-state index contributed by atoms with van der Waals surface area (Å²) in [6, 6.07) is 13.8. The Kier molecular flexibility index (Phi) is 4.44. The van der Waals surface area contributed by atoms with Gasteiger partial charge in [-0.1, -0.05) is 36.4 Å². The monoisotopic (exact) mass is 260 g/mol. The molecule has 5 heteroatoms. The maximum Gasteiger partial charge on any atom is 0.407 e. The Balaban J connectivity index is 1.76. The molecule has 0 saturated heterocycles. The molecule has 1 aromatic heterocycles. The second-order valence-electron chi connectivity index (χ2n) is 3.87. The number of rotatable bonds is 4. The Morgan fingerprint density at radius 1 is 1.16 bits per heavy atom. The number of pyridine rings is 1. The van der Waals surface area contributed by atoms with Crippen LogP contribution < -0.4 is 5.32 Å². The van der Waals surface area contributed by atoms with E-state index in [4.69, 9.17) is 4.74 Å². The Morgan fingerprint density at radius 3 is 2.68 bits per heavy atom. The zero-order chi connectivity index (χ0) is 13.5. The second-order valence-corrected chi connectivity index (χ2v) is 3.87. The van der Waals surface area contributed by atoms with E-state index in [1.807, 2.05) is 30.3 Å². The van der Waals surface area contributed by atoms with E-state index in [2.05, 4.69) is 10.3 Å². The number of carbonyl (C=O) groups excluding carboxylic acids is 1. The third kappa shape index (κ3) is 4.39. The molecule has 0 spiro atoms. The van der Waals surface area contributed by atoms with Gasteiger partial charge in [0.1, 0.15) is 6.61 Å². The van der Waals surface area contributed by atoms with Crippen molar-refractivity contribution in [1.29, 1.82) is 0 Å². The van der Waals surface area contributed by atoms with Crippen molar-refractivity contribution in [1.82, 2.24) is 10.3 Å². The summed E-state index contributed by atoms with van der Waals surface area (Å²) in [4.78, 5) is 15.0. The van der Waals surface area contributed by atoms with Crippen LogP contribution >= 0.6 is 0 Å². The number of carbonyl (C=O) groups is 1. The van der Waals surface area contributed by atoms with Crippen molar-refractivity contribution in [2.24, 2.45) is 0 Å². The fourth-order valence-corrected chi connectivity index (χ4v) is 1.49. The van der Waals surface area contributed by atoms with Crippen LogP contribution in [-0.4, -0.2) is 11.1 Å². The van der Waals surface area contributed by atoms with Crippen LogP contribution in [0, 0.1) is 5.95 Å². The summed E-state index contributed by atoms with van der Waals surface area (Å²) in [5.74, 6) is -0.572. The van der Waals surface area contributed by atoms with E-state index in [1.54, 1.807) is 6.07 Å². The first kappa shape index (κ1) is 13.0. The van der Waals surface area contributed by atoms with Crippen LogP contribution in [0.3, 0.4) is 0 Å². The van der Waals surface area contributed by atoms with E-state index >= 15 is 0 Å². The normalized spacial score (nSPS) is 9.95. The lowest BCUT2D eigenvalue weighted by molar-refractivity contribution is 0.139. The molecule has 19 heavy (non-hydrogen) atoms. The van der Waals surface area contributed by atoms with Crippen LogP contribution in [0.4, 0.5) is 9.18 Å². The third-order valence-electron chi connectivity index (χ3n) is 2.40. The molecule has 98 valence electrons. The van der Waals surface area contributed by atoms with E-state index in [0.29, 0.717) is 5.69 Å². The highest BCUT2D eigenvalue weighted by molar-refractivity contribution is 5.67. The number of hydrogen-bond acceptors (Lipinski definition) is 3. The summed E-state index contributed by atoms with van der Waals surface area (Å²) < 4.78 is 17.8. The number of amides is 1. The quantitative estimate of drug-likeness (QED) is 0.860. The minimum atomic E-state index is -0.572. The fraction of sp³-hybridized carbons (Fsp3) is 0.143. The fourth-order valence-electron chi connectivity index (χ4n) is 1.49. The van der Waals surface area contributed by atoms with Crippen molar-refractivity contribution in [2.75, 3.05) is 0 Å². The van der Waals surface area contributed by atoms with Gasteiger partial charge in [-0.25, -0.2) is 9.78 Å². The minimum absolute atomic E-state index is 0.130. The van der Waals surface area contributed by atoms with Gasteiger partial charge < -0.3 is 10.1 Å². The van der Waals surface area contributed by atoms with E-state index in [9.17, 15) is 9.18 Å². The SMILES string of the molecule is O=C(NCc1cccc(F)n1)OCc1ccccc1. The minimum Gasteiger partial charge on any atom is -0.445 e. The maximum atomic E-state index is 12.8. The Hall–Kier alpha value is -2.43. The number of nitrogens with zero attached hydrogens (tertiary/aromatic N) is 1. The van der Waals surface area contributed by atoms with Gasteiger partial charge in [0, 0.05) is 0 Å². The van der Waals surface area contributed by atoms with Crippen LogP contribution in [0.1, 0.15) is 11.3 Å². The van der Waals surface area contributed by atoms with Crippen LogP contribution in [0.2, 0.25) is 0 Å². The summed E-state index contributed by atoms with van der Waals surface area (Å²) in [6.07, 6.45) is -0.560. The maximum absolute atomic E-state index is 12.8. The van der Waals surface area contributed by atoms with Crippen LogP contribution in [-0.2, 0) is 17.9 Å². The topological polar surface area (TPSA) is 51.2 Å². The smallest absolute Gasteiger partial charge is 0.407 e. The summed E-state index contributed by atoms with van der Waals surface area (Å²) >= 11 is 0.